The third-order valence-electron chi connectivity index (χ3n) is 4.37. The van der Waals surface area contributed by atoms with Crippen LogP contribution in [0.1, 0.15) is 61.4 Å². The van der Waals surface area contributed by atoms with E-state index in [-0.39, 0.29) is 11.7 Å². The van der Waals surface area contributed by atoms with Crippen LogP contribution in [0.25, 0.3) is 0 Å². The number of aliphatic carboxylic acids is 1. The van der Waals surface area contributed by atoms with E-state index in [0.717, 1.165) is 18.7 Å². The summed E-state index contributed by atoms with van der Waals surface area (Å²) in [6.07, 6.45) is 3.73. The molecule has 2 aliphatic rings. The quantitative estimate of drug-likeness (QED) is 0.860. The average Bonchev–Trinajstić information content (AvgIpc) is 3.02. The van der Waals surface area contributed by atoms with Crippen LogP contribution in [0.5, 0.6) is 0 Å². The van der Waals surface area contributed by atoms with Crippen LogP contribution in [0, 0.1) is 0 Å². The Balaban J connectivity index is 1.86. The molecule has 2 fully saturated rings. The Morgan fingerprint density at radius 2 is 2.25 bits per heavy atom. The molecule has 20 heavy (non-hydrogen) atoms. The molecule has 7 heteroatoms. The SMILES string of the molecule is CCC1(C(=O)O)CCCN1C(=O)c1n[nH]c(C2CC2)n1. The Morgan fingerprint density at radius 1 is 1.50 bits per heavy atom. The van der Waals surface area contributed by atoms with E-state index in [0.29, 0.717) is 31.7 Å². The van der Waals surface area contributed by atoms with Crippen molar-refractivity contribution in [3.8, 4) is 0 Å². The normalized spacial score (nSPS) is 25.9. The first-order valence-corrected chi connectivity index (χ1v) is 7.06. The molecular weight excluding hydrogens is 260 g/mol. The van der Waals surface area contributed by atoms with Crippen molar-refractivity contribution in [1.82, 2.24) is 20.1 Å². The monoisotopic (exact) mass is 278 g/mol. The van der Waals surface area contributed by atoms with Crippen molar-refractivity contribution < 1.29 is 14.7 Å². The molecule has 0 spiro atoms. The van der Waals surface area contributed by atoms with E-state index in [1.54, 1.807) is 6.92 Å². The number of aromatic amines is 1. The van der Waals surface area contributed by atoms with Crippen molar-refractivity contribution in [1.29, 1.82) is 0 Å². The second-order valence-electron chi connectivity index (χ2n) is 5.57. The number of nitrogens with zero attached hydrogens (tertiary/aromatic N) is 3. The molecule has 1 unspecified atom stereocenters. The van der Waals surface area contributed by atoms with Gasteiger partial charge < -0.3 is 10.0 Å². The van der Waals surface area contributed by atoms with Gasteiger partial charge in [0.05, 0.1) is 0 Å². The fourth-order valence-corrected chi connectivity index (χ4v) is 2.95. The summed E-state index contributed by atoms with van der Waals surface area (Å²) in [6.45, 7) is 2.25. The average molecular weight is 278 g/mol. The molecular formula is C13H18N4O3. The molecule has 1 atom stereocenters. The van der Waals surface area contributed by atoms with E-state index in [1.807, 2.05) is 0 Å². The van der Waals surface area contributed by atoms with Crippen molar-refractivity contribution in [3.05, 3.63) is 11.6 Å². The molecule has 1 amide bonds. The minimum atomic E-state index is -1.10. The number of H-pyrrole nitrogens is 1. The van der Waals surface area contributed by atoms with Gasteiger partial charge in [0.1, 0.15) is 11.4 Å². The number of aromatic nitrogens is 3. The van der Waals surface area contributed by atoms with E-state index in [4.69, 9.17) is 0 Å². The number of rotatable bonds is 4. The lowest BCUT2D eigenvalue weighted by atomic mass is 9.93. The molecule has 1 aliphatic heterocycles. The number of carboxylic acid groups (broad SMARTS) is 1. The number of hydrogen-bond donors (Lipinski definition) is 2. The lowest BCUT2D eigenvalue weighted by molar-refractivity contribution is -0.148. The highest BCUT2D eigenvalue weighted by Crippen LogP contribution is 2.38. The maximum Gasteiger partial charge on any atom is 0.329 e. The zero-order chi connectivity index (χ0) is 14.3. The Bertz CT molecular complexity index is 552. The van der Waals surface area contributed by atoms with Gasteiger partial charge in [-0.2, -0.15) is 0 Å². The molecule has 1 saturated carbocycles. The molecule has 0 bridgehead atoms. The first-order chi connectivity index (χ1) is 9.58. The van der Waals surface area contributed by atoms with Crippen molar-refractivity contribution in [2.75, 3.05) is 6.54 Å². The van der Waals surface area contributed by atoms with Gasteiger partial charge >= 0.3 is 5.97 Å². The number of hydrogen-bond acceptors (Lipinski definition) is 4. The van der Waals surface area contributed by atoms with Gasteiger partial charge in [0, 0.05) is 12.5 Å². The topological polar surface area (TPSA) is 99.2 Å². The van der Waals surface area contributed by atoms with Gasteiger partial charge in [-0.15, -0.1) is 5.10 Å². The van der Waals surface area contributed by atoms with Crippen LogP contribution in [0.2, 0.25) is 0 Å². The molecule has 0 aromatic carbocycles. The van der Waals surface area contributed by atoms with Crippen LogP contribution in [0.4, 0.5) is 0 Å². The third kappa shape index (κ3) is 1.88. The summed E-state index contributed by atoms with van der Waals surface area (Å²) in [5, 5.41) is 16.2. The zero-order valence-electron chi connectivity index (χ0n) is 11.4. The van der Waals surface area contributed by atoms with E-state index < -0.39 is 11.5 Å². The molecule has 108 valence electrons. The fourth-order valence-electron chi connectivity index (χ4n) is 2.95. The second-order valence-corrected chi connectivity index (χ2v) is 5.57. The summed E-state index contributed by atoms with van der Waals surface area (Å²) in [7, 11) is 0. The number of nitrogens with one attached hydrogen (secondary N) is 1. The van der Waals surface area contributed by atoms with Gasteiger partial charge in [0.15, 0.2) is 0 Å². The molecule has 1 aromatic rings. The second kappa shape index (κ2) is 4.57. The molecule has 1 saturated heterocycles. The molecule has 3 rings (SSSR count). The van der Waals surface area contributed by atoms with Crippen LogP contribution in [-0.2, 0) is 4.79 Å². The standard InChI is InChI=1S/C13H18N4O3/c1-2-13(12(19)20)6-3-7-17(13)11(18)10-14-9(15-16-10)8-4-5-8/h8H,2-7H2,1H3,(H,19,20)(H,14,15,16). The van der Waals surface area contributed by atoms with Crippen molar-refractivity contribution in [2.24, 2.45) is 0 Å². The minimum Gasteiger partial charge on any atom is -0.479 e. The zero-order valence-corrected chi connectivity index (χ0v) is 11.4. The predicted octanol–water partition coefficient (Wildman–Crippen LogP) is 1.15. The fraction of sp³-hybridized carbons (Fsp3) is 0.692. The Labute approximate surface area is 116 Å². The number of carboxylic acids is 1. The number of amides is 1. The Morgan fingerprint density at radius 3 is 2.85 bits per heavy atom. The summed E-state index contributed by atoms with van der Waals surface area (Å²) in [5.41, 5.74) is -1.10. The van der Waals surface area contributed by atoms with Crippen LogP contribution in [0.3, 0.4) is 0 Å². The summed E-state index contributed by atoms with van der Waals surface area (Å²) >= 11 is 0. The van der Waals surface area contributed by atoms with Crippen molar-refractivity contribution in [2.45, 2.75) is 50.5 Å². The number of carbonyl (C=O) groups is 2. The summed E-state index contributed by atoms with van der Waals surface area (Å²) in [5.74, 6) is -0.102. The minimum absolute atomic E-state index is 0.0906. The van der Waals surface area contributed by atoms with Gasteiger partial charge in [-0.1, -0.05) is 6.92 Å². The molecule has 7 nitrogen and oxygen atoms in total. The van der Waals surface area contributed by atoms with E-state index >= 15 is 0 Å². The van der Waals surface area contributed by atoms with Crippen LogP contribution >= 0.6 is 0 Å². The van der Waals surface area contributed by atoms with Crippen molar-refractivity contribution >= 4 is 11.9 Å². The largest absolute Gasteiger partial charge is 0.479 e. The predicted molar refractivity (Wildman–Crippen MR) is 69.3 cm³/mol. The molecule has 1 aliphatic carbocycles. The highest BCUT2D eigenvalue weighted by atomic mass is 16.4. The molecule has 0 radical (unpaired) electrons. The van der Waals surface area contributed by atoms with Crippen LogP contribution < -0.4 is 0 Å². The van der Waals surface area contributed by atoms with Gasteiger partial charge in [-0.05, 0) is 32.1 Å². The molecule has 1 aromatic heterocycles. The molecule has 2 N–H and O–H groups in total. The van der Waals surface area contributed by atoms with Gasteiger partial charge in [-0.3, -0.25) is 9.89 Å². The first kappa shape index (κ1) is 13.1. The maximum atomic E-state index is 12.5. The van der Waals surface area contributed by atoms with Gasteiger partial charge in [0.25, 0.3) is 5.91 Å². The van der Waals surface area contributed by atoms with E-state index in [9.17, 15) is 14.7 Å². The lowest BCUT2D eigenvalue weighted by Crippen LogP contribution is -2.52. The van der Waals surface area contributed by atoms with Crippen LogP contribution in [-0.4, -0.2) is 49.1 Å². The number of likely N-dealkylation sites (tertiary alicyclic amines) is 1. The Hall–Kier alpha value is -1.92. The summed E-state index contributed by atoms with van der Waals surface area (Å²) < 4.78 is 0. The lowest BCUT2D eigenvalue weighted by Gasteiger charge is -2.33. The third-order valence-corrected chi connectivity index (χ3v) is 4.37. The van der Waals surface area contributed by atoms with Gasteiger partial charge in [-0.25, -0.2) is 9.78 Å². The highest BCUT2D eigenvalue weighted by Gasteiger charge is 2.49. The molecule has 2 heterocycles. The maximum absolute atomic E-state index is 12.5. The van der Waals surface area contributed by atoms with Crippen molar-refractivity contribution in [3.63, 3.8) is 0 Å². The number of carbonyl (C=O) groups excluding carboxylic acids is 1. The smallest absolute Gasteiger partial charge is 0.329 e. The first-order valence-electron chi connectivity index (χ1n) is 7.06. The van der Waals surface area contributed by atoms with E-state index in [2.05, 4.69) is 15.2 Å². The van der Waals surface area contributed by atoms with Crippen LogP contribution in [0.15, 0.2) is 0 Å². The summed E-state index contributed by atoms with van der Waals surface area (Å²) in [6, 6.07) is 0. The highest BCUT2D eigenvalue weighted by molar-refractivity contribution is 5.95. The summed E-state index contributed by atoms with van der Waals surface area (Å²) in [4.78, 5) is 29.7. The van der Waals surface area contributed by atoms with E-state index in [1.165, 1.54) is 4.90 Å². The van der Waals surface area contributed by atoms with Gasteiger partial charge in [0.2, 0.25) is 5.82 Å². The Kier molecular flexibility index (Phi) is 2.99.